The molecule has 0 aliphatic carbocycles. The number of carbonyl (C=O) groups excluding carboxylic acids is 3. The highest BCUT2D eigenvalue weighted by atomic mass is 32.1. The molecule has 1 atom stereocenters. The number of hydrogen-bond donors (Lipinski definition) is 3. The molecule has 180 valence electrons. The van der Waals surface area contributed by atoms with Crippen LogP contribution >= 0.6 is 11.3 Å². The third kappa shape index (κ3) is 7.19. The van der Waals surface area contributed by atoms with E-state index in [-0.39, 0.29) is 30.8 Å². The van der Waals surface area contributed by atoms with Gasteiger partial charge in [0.15, 0.2) is 12.4 Å². The lowest BCUT2D eigenvalue weighted by Gasteiger charge is -2.19. The number of hydrogen-bond acceptors (Lipinski definition) is 6. The maximum absolute atomic E-state index is 12.8. The Labute approximate surface area is 207 Å². The minimum absolute atomic E-state index is 0.0909. The molecule has 10 heteroatoms. The molecule has 9 nitrogen and oxygen atoms in total. The second kappa shape index (κ2) is 11.9. The third-order valence-corrected chi connectivity index (χ3v) is 5.95. The number of thiazole rings is 1. The number of aromatic nitrogens is 2. The molecule has 3 amide bonds. The fourth-order valence-corrected chi connectivity index (χ4v) is 4.27. The van der Waals surface area contributed by atoms with E-state index in [1.54, 1.807) is 35.0 Å². The van der Waals surface area contributed by atoms with Crippen LogP contribution in [0.5, 0.6) is 0 Å². The molecule has 0 aliphatic heterocycles. The summed E-state index contributed by atoms with van der Waals surface area (Å²) in [6.45, 7) is 3.90. The number of nitrogens with zero attached hydrogens (tertiary/aromatic N) is 3. The van der Waals surface area contributed by atoms with Crippen molar-refractivity contribution in [3.63, 3.8) is 0 Å². The van der Waals surface area contributed by atoms with Crippen molar-refractivity contribution in [3.8, 4) is 27.9 Å². The van der Waals surface area contributed by atoms with Crippen LogP contribution in [0.15, 0.2) is 54.2 Å². The van der Waals surface area contributed by atoms with E-state index in [9.17, 15) is 14.4 Å². The molecule has 3 aromatic rings. The molecule has 4 N–H and O–H groups in total. The van der Waals surface area contributed by atoms with E-state index in [1.165, 1.54) is 11.3 Å². The molecule has 0 unspecified atom stereocenters. The quantitative estimate of drug-likeness (QED) is 0.294. The number of nitrogens with two attached hydrogens (primary N) is 1. The van der Waals surface area contributed by atoms with Gasteiger partial charge in [0, 0.05) is 22.6 Å². The molecular weight excluding hydrogens is 464 g/mol. The van der Waals surface area contributed by atoms with Gasteiger partial charge in [-0.15, -0.1) is 11.3 Å². The van der Waals surface area contributed by atoms with Gasteiger partial charge in [0.1, 0.15) is 17.6 Å². The summed E-state index contributed by atoms with van der Waals surface area (Å²) in [5.41, 5.74) is 8.16. The summed E-state index contributed by atoms with van der Waals surface area (Å²) in [5.74, 6) is -0.978. The van der Waals surface area contributed by atoms with Gasteiger partial charge < -0.3 is 16.4 Å². The summed E-state index contributed by atoms with van der Waals surface area (Å²) in [7, 11) is 0. The Morgan fingerprint density at radius 3 is 2.57 bits per heavy atom. The standard InChI is InChI=1S/C25H26N6O3S/c1-16(2)12-20(24(34)28-10-9-26)29-23(33)18-7-5-17(6-8-18)21-15-35-25(30-21)19-4-3-11-31(13-19)14-22(27)32/h3-8,11,13,15-16,20H,10,12,14H2,1-2H3,(H3-,27,28,29,32,33,34)/p+1/t20-/m0/s1. The third-order valence-electron chi connectivity index (χ3n) is 5.06. The number of carbonyl (C=O) groups is 3. The molecule has 1 aromatic carbocycles. The van der Waals surface area contributed by atoms with Crippen LogP contribution in [0.3, 0.4) is 0 Å². The van der Waals surface area contributed by atoms with Gasteiger partial charge in [-0.2, -0.15) is 9.83 Å². The molecule has 2 heterocycles. The molecule has 0 spiro atoms. The Kier molecular flexibility index (Phi) is 8.64. The lowest BCUT2D eigenvalue weighted by atomic mass is 10.0. The fraction of sp³-hybridized carbons (Fsp3) is 0.280. The van der Waals surface area contributed by atoms with E-state index >= 15 is 0 Å². The van der Waals surface area contributed by atoms with Crippen LogP contribution in [0.1, 0.15) is 30.6 Å². The minimum atomic E-state index is -0.722. The zero-order valence-corrected chi connectivity index (χ0v) is 20.3. The van der Waals surface area contributed by atoms with Crippen molar-refractivity contribution in [2.24, 2.45) is 11.7 Å². The van der Waals surface area contributed by atoms with Gasteiger partial charge in [0.25, 0.3) is 11.8 Å². The van der Waals surface area contributed by atoms with Crippen molar-refractivity contribution in [3.05, 3.63) is 59.7 Å². The zero-order valence-electron chi connectivity index (χ0n) is 19.5. The van der Waals surface area contributed by atoms with Crippen molar-refractivity contribution in [2.45, 2.75) is 32.9 Å². The Balaban J connectivity index is 1.71. The van der Waals surface area contributed by atoms with Crippen molar-refractivity contribution in [2.75, 3.05) is 6.54 Å². The molecule has 2 aromatic heterocycles. The van der Waals surface area contributed by atoms with Crippen molar-refractivity contribution >= 4 is 29.1 Å². The van der Waals surface area contributed by atoms with Gasteiger partial charge in [0.05, 0.1) is 17.3 Å². The first-order valence-electron chi connectivity index (χ1n) is 11.1. The van der Waals surface area contributed by atoms with E-state index in [1.807, 2.05) is 43.6 Å². The van der Waals surface area contributed by atoms with E-state index < -0.39 is 11.9 Å². The summed E-state index contributed by atoms with van der Waals surface area (Å²) >= 11 is 1.47. The molecule has 35 heavy (non-hydrogen) atoms. The van der Waals surface area contributed by atoms with E-state index in [4.69, 9.17) is 11.0 Å². The number of nitrogens with one attached hydrogen (secondary N) is 2. The highest BCUT2D eigenvalue weighted by molar-refractivity contribution is 7.13. The van der Waals surface area contributed by atoms with Crippen molar-refractivity contribution in [1.29, 1.82) is 5.26 Å². The molecule has 0 aliphatic rings. The van der Waals surface area contributed by atoms with Crippen LogP contribution in [0.4, 0.5) is 0 Å². The predicted octanol–water partition coefficient (Wildman–Crippen LogP) is 2.03. The van der Waals surface area contributed by atoms with Crippen LogP contribution in [0.25, 0.3) is 21.8 Å². The monoisotopic (exact) mass is 491 g/mol. The Morgan fingerprint density at radius 1 is 1.17 bits per heavy atom. The van der Waals surface area contributed by atoms with E-state index in [2.05, 4.69) is 15.6 Å². The first-order valence-corrected chi connectivity index (χ1v) is 11.9. The average molecular weight is 492 g/mol. The number of amides is 3. The van der Waals surface area contributed by atoms with Crippen LogP contribution in [-0.2, 0) is 16.1 Å². The van der Waals surface area contributed by atoms with Crippen LogP contribution in [0, 0.1) is 17.2 Å². The molecule has 3 rings (SSSR count). The normalized spacial score (nSPS) is 11.5. The SMILES string of the molecule is CC(C)C[C@H](NC(=O)c1ccc(-c2csc(-c3ccc[n+](CC(N)=O)c3)n2)cc1)C(=O)NCC#N. The summed E-state index contributed by atoms with van der Waals surface area (Å²) < 4.78 is 1.71. The average Bonchev–Trinajstić information content (AvgIpc) is 3.32. The second-order valence-electron chi connectivity index (χ2n) is 8.38. The van der Waals surface area contributed by atoms with Gasteiger partial charge in [-0.3, -0.25) is 14.4 Å². The first kappa shape index (κ1) is 25.5. The maximum Gasteiger partial charge on any atom is 0.283 e. The molecule has 0 bridgehead atoms. The highest BCUT2D eigenvalue weighted by Crippen LogP contribution is 2.28. The number of rotatable bonds is 10. The predicted molar refractivity (Wildman–Crippen MR) is 132 cm³/mol. The zero-order chi connectivity index (χ0) is 25.4. The molecular formula is C25H27N6O3S+. The molecule has 0 saturated carbocycles. The van der Waals surface area contributed by atoms with Crippen LogP contribution in [-0.4, -0.2) is 35.3 Å². The number of nitriles is 1. The number of benzene rings is 1. The Morgan fingerprint density at radius 2 is 1.91 bits per heavy atom. The summed E-state index contributed by atoms with van der Waals surface area (Å²) in [6, 6.07) is 11.9. The summed E-state index contributed by atoms with van der Waals surface area (Å²) in [5, 5.41) is 16.7. The Bertz CT molecular complexity index is 1250. The first-order chi connectivity index (χ1) is 16.8. The lowest BCUT2D eigenvalue weighted by Crippen LogP contribution is -2.47. The van der Waals surface area contributed by atoms with Crippen molar-refractivity contribution < 1.29 is 19.0 Å². The van der Waals surface area contributed by atoms with Crippen LogP contribution < -0.4 is 20.9 Å². The smallest absolute Gasteiger partial charge is 0.283 e. The maximum atomic E-state index is 12.8. The topological polar surface area (TPSA) is 142 Å². The summed E-state index contributed by atoms with van der Waals surface area (Å²) in [6.07, 6.45) is 4.05. The van der Waals surface area contributed by atoms with Gasteiger partial charge in [-0.1, -0.05) is 26.0 Å². The van der Waals surface area contributed by atoms with Gasteiger partial charge >= 0.3 is 0 Å². The largest absolute Gasteiger partial charge is 0.364 e. The molecule has 0 radical (unpaired) electrons. The van der Waals surface area contributed by atoms with Crippen molar-refractivity contribution in [1.82, 2.24) is 15.6 Å². The number of pyridine rings is 1. The fourth-order valence-electron chi connectivity index (χ4n) is 3.45. The Hall–Kier alpha value is -4.10. The minimum Gasteiger partial charge on any atom is -0.364 e. The van der Waals surface area contributed by atoms with Gasteiger partial charge in [-0.05, 0) is 30.5 Å². The highest BCUT2D eigenvalue weighted by Gasteiger charge is 2.22. The van der Waals surface area contributed by atoms with E-state index in [0.717, 1.165) is 21.8 Å². The summed E-state index contributed by atoms with van der Waals surface area (Å²) in [4.78, 5) is 41.0. The molecule has 0 saturated heterocycles. The van der Waals surface area contributed by atoms with E-state index in [0.29, 0.717) is 12.0 Å². The number of primary amides is 1. The van der Waals surface area contributed by atoms with Gasteiger partial charge in [-0.25, -0.2) is 4.98 Å². The van der Waals surface area contributed by atoms with Crippen LogP contribution in [0.2, 0.25) is 0 Å². The molecule has 0 fully saturated rings. The second-order valence-corrected chi connectivity index (χ2v) is 9.24. The van der Waals surface area contributed by atoms with Gasteiger partial charge in [0.2, 0.25) is 12.5 Å². The lowest BCUT2D eigenvalue weighted by molar-refractivity contribution is -0.683.